The molecule has 0 amide bonds. The molecular weight excluding hydrogens is 278 g/mol. The molecule has 22 heavy (non-hydrogen) atoms. The maximum Gasteiger partial charge on any atom is 0.163 e. The predicted molar refractivity (Wildman–Crippen MR) is 85.8 cm³/mol. The summed E-state index contributed by atoms with van der Waals surface area (Å²) in [6, 6.07) is 0. The summed E-state index contributed by atoms with van der Waals surface area (Å²) in [7, 11) is 3.94. The van der Waals surface area contributed by atoms with Gasteiger partial charge in [0, 0.05) is 38.9 Å². The van der Waals surface area contributed by atoms with E-state index in [1.54, 1.807) is 11.0 Å². The Bertz CT molecular complexity index is 815. The second-order valence-electron chi connectivity index (χ2n) is 5.56. The summed E-state index contributed by atoms with van der Waals surface area (Å²) in [6.07, 6.45) is 3.69. The van der Waals surface area contributed by atoms with Crippen molar-refractivity contribution in [2.24, 2.45) is 7.05 Å². The van der Waals surface area contributed by atoms with Gasteiger partial charge in [0.25, 0.3) is 0 Å². The summed E-state index contributed by atoms with van der Waals surface area (Å²) < 4.78 is 3.76. The Hall–Kier alpha value is -2.44. The van der Waals surface area contributed by atoms with Gasteiger partial charge in [-0.05, 0) is 20.8 Å². The van der Waals surface area contributed by atoms with Gasteiger partial charge in [-0.15, -0.1) is 0 Å². The van der Waals surface area contributed by atoms with Crippen LogP contribution in [0.5, 0.6) is 0 Å². The first-order valence-electron chi connectivity index (χ1n) is 7.39. The molecule has 7 nitrogen and oxygen atoms in total. The van der Waals surface area contributed by atoms with Crippen LogP contribution in [0.1, 0.15) is 23.9 Å². The summed E-state index contributed by atoms with van der Waals surface area (Å²) in [4.78, 5) is 10.9. The Kier molecular flexibility index (Phi) is 3.56. The number of anilines is 1. The fourth-order valence-corrected chi connectivity index (χ4v) is 2.75. The average molecular weight is 299 g/mol. The molecule has 0 saturated heterocycles. The van der Waals surface area contributed by atoms with Gasteiger partial charge in [-0.2, -0.15) is 10.2 Å². The highest BCUT2D eigenvalue weighted by Gasteiger charge is 2.16. The number of hydrogen-bond acceptors (Lipinski definition) is 5. The van der Waals surface area contributed by atoms with E-state index in [0.29, 0.717) is 0 Å². The van der Waals surface area contributed by atoms with Crippen LogP contribution in [0.15, 0.2) is 12.5 Å². The van der Waals surface area contributed by atoms with Gasteiger partial charge in [0.2, 0.25) is 0 Å². The Morgan fingerprint density at radius 2 is 1.91 bits per heavy atom. The molecule has 0 spiro atoms. The van der Waals surface area contributed by atoms with Crippen molar-refractivity contribution in [1.82, 2.24) is 29.5 Å². The van der Waals surface area contributed by atoms with E-state index in [2.05, 4.69) is 38.2 Å². The zero-order chi connectivity index (χ0) is 15.9. The van der Waals surface area contributed by atoms with Gasteiger partial charge in [-0.25, -0.2) is 9.97 Å². The van der Waals surface area contributed by atoms with Crippen LogP contribution in [0, 0.1) is 13.8 Å². The van der Waals surface area contributed by atoms with Crippen LogP contribution < -0.4 is 4.90 Å². The SMILES string of the molecule is CCn1cc(CN(C)c2ncnc3c2c(C)nn3C)c(C)n1. The van der Waals surface area contributed by atoms with E-state index in [1.165, 1.54) is 5.56 Å². The standard InChI is InChI=1S/C15H21N7/c1-6-22-8-12(10(2)19-22)7-20(4)14-13-11(3)18-21(5)15(13)17-9-16-14/h8-9H,6-7H2,1-5H3. The molecule has 116 valence electrons. The molecule has 3 aromatic rings. The quantitative estimate of drug-likeness (QED) is 0.735. The summed E-state index contributed by atoms with van der Waals surface area (Å²) in [5.41, 5.74) is 4.07. The van der Waals surface area contributed by atoms with Crippen molar-refractivity contribution in [2.75, 3.05) is 11.9 Å². The van der Waals surface area contributed by atoms with E-state index in [4.69, 9.17) is 0 Å². The highest BCUT2D eigenvalue weighted by atomic mass is 15.3. The lowest BCUT2D eigenvalue weighted by Crippen LogP contribution is -2.18. The third-order valence-corrected chi connectivity index (χ3v) is 3.92. The molecule has 0 bridgehead atoms. The van der Waals surface area contributed by atoms with Gasteiger partial charge in [0.1, 0.15) is 12.1 Å². The lowest BCUT2D eigenvalue weighted by atomic mass is 10.2. The molecule has 0 atom stereocenters. The highest BCUT2D eigenvalue weighted by molar-refractivity contribution is 5.89. The second kappa shape index (κ2) is 5.40. The molecule has 0 aliphatic carbocycles. The van der Waals surface area contributed by atoms with Crippen molar-refractivity contribution >= 4 is 16.9 Å². The van der Waals surface area contributed by atoms with Gasteiger partial charge in [0.15, 0.2) is 5.65 Å². The van der Waals surface area contributed by atoms with Crippen LogP contribution in [-0.2, 0) is 20.1 Å². The fourth-order valence-electron chi connectivity index (χ4n) is 2.75. The number of aryl methyl sites for hydroxylation is 4. The van der Waals surface area contributed by atoms with E-state index in [1.807, 2.05) is 32.6 Å². The molecule has 3 heterocycles. The molecule has 0 unspecified atom stereocenters. The van der Waals surface area contributed by atoms with Crippen molar-refractivity contribution in [3.05, 3.63) is 29.5 Å². The van der Waals surface area contributed by atoms with Crippen LogP contribution in [0.4, 0.5) is 5.82 Å². The third kappa shape index (κ3) is 2.32. The Morgan fingerprint density at radius 3 is 2.59 bits per heavy atom. The maximum absolute atomic E-state index is 4.50. The maximum atomic E-state index is 4.50. The lowest BCUT2D eigenvalue weighted by molar-refractivity contribution is 0.653. The average Bonchev–Trinajstić information content (AvgIpc) is 3.00. The summed E-state index contributed by atoms with van der Waals surface area (Å²) >= 11 is 0. The molecule has 0 aliphatic heterocycles. The van der Waals surface area contributed by atoms with Gasteiger partial charge in [0.05, 0.1) is 16.8 Å². The number of rotatable bonds is 4. The minimum Gasteiger partial charge on any atom is -0.355 e. The van der Waals surface area contributed by atoms with Crippen LogP contribution in [0.2, 0.25) is 0 Å². The van der Waals surface area contributed by atoms with Crippen LogP contribution >= 0.6 is 0 Å². The topological polar surface area (TPSA) is 64.7 Å². The molecule has 7 heteroatoms. The van der Waals surface area contributed by atoms with Crippen LogP contribution in [-0.4, -0.2) is 36.6 Å². The smallest absolute Gasteiger partial charge is 0.163 e. The monoisotopic (exact) mass is 299 g/mol. The van der Waals surface area contributed by atoms with Gasteiger partial charge in [-0.3, -0.25) is 9.36 Å². The van der Waals surface area contributed by atoms with Gasteiger partial charge >= 0.3 is 0 Å². The predicted octanol–water partition coefficient (Wildman–Crippen LogP) is 1.83. The molecular formula is C15H21N7. The highest BCUT2D eigenvalue weighted by Crippen LogP contribution is 2.26. The van der Waals surface area contributed by atoms with Crippen molar-refractivity contribution in [3.8, 4) is 0 Å². The molecule has 3 rings (SSSR count). The minimum absolute atomic E-state index is 0.756. The summed E-state index contributed by atoms with van der Waals surface area (Å²) in [6.45, 7) is 7.76. The third-order valence-electron chi connectivity index (χ3n) is 3.92. The number of aromatic nitrogens is 6. The van der Waals surface area contributed by atoms with E-state index < -0.39 is 0 Å². The molecule has 0 fully saturated rings. The Labute approximate surface area is 129 Å². The van der Waals surface area contributed by atoms with E-state index in [9.17, 15) is 0 Å². The van der Waals surface area contributed by atoms with E-state index in [-0.39, 0.29) is 0 Å². The molecule has 3 aromatic heterocycles. The van der Waals surface area contributed by atoms with Crippen molar-refractivity contribution in [1.29, 1.82) is 0 Å². The summed E-state index contributed by atoms with van der Waals surface area (Å²) in [5, 5.41) is 9.95. The van der Waals surface area contributed by atoms with E-state index in [0.717, 1.165) is 41.3 Å². The molecule has 0 N–H and O–H groups in total. The minimum atomic E-state index is 0.756. The first kappa shape index (κ1) is 14.5. The Balaban J connectivity index is 1.98. The molecule has 0 radical (unpaired) electrons. The van der Waals surface area contributed by atoms with Crippen LogP contribution in [0.3, 0.4) is 0 Å². The Morgan fingerprint density at radius 1 is 1.14 bits per heavy atom. The zero-order valence-corrected chi connectivity index (χ0v) is 13.7. The first-order chi connectivity index (χ1) is 10.5. The summed E-state index contributed by atoms with van der Waals surface area (Å²) in [5.74, 6) is 0.902. The zero-order valence-electron chi connectivity index (χ0n) is 13.7. The van der Waals surface area contributed by atoms with Crippen molar-refractivity contribution in [3.63, 3.8) is 0 Å². The largest absolute Gasteiger partial charge is 0.355 e. The molecule has 0 saturated carbocycles. The van der Waals surface area contributed by atoms with E-state index >= 15 is 0 Å². The normalized spacial score (nSPS) is 11.3. The molecule has 0 aromatic carbocycles. The number of hydrogen-bond donors (Lipinski definition) is 0. The number of fused-ring (bicyclic) bond motifs is 1. The van der Waals surface area contributed by atoms with Crippen molar-refractivity contribution < 1.29 is 0 Å². The lowest BCUT2D eigenvalue weighted by Gasteiger charge is -2.18. The molecule has 0 aliphatic rings. The van der Waals surface area contributed by atoms with Gasteiger partial charge in [-0.1, -0.05) is 0 Å². The second-order valence-corrected chi connectivity index (χ2v) is 5.56. The number of nitrogens with zero attached hydrogens (tertiary/aromatic N) is 7. The van der Waals surface area contributed by atoms with Crippen LogP contribution in [0.25, 0.3) is 11.0 Å². The van der Waals surface area contributed by atoms with Crippen molar-refractivity contribution in [2.45, 2.75) is 33.9 Å². The fraction of sp³-hybridized carbons (Fsp3) is 0.467. The first-order valence-corrected chi connectivity index (χ1v) is 7.39. The van der Waals surface area contributed by atoms with Gasteiger partial charge < -0.3 is 4.90 Å².